The van der Waals surface area contributed by atoms with Crippen LogP contribution in [0.3, 0.4) is 0 Å². The van der Waals surface area contributed by atoms with Gasteiger partial charge in [0, 0.05) is 25.2 Å². The third-order valence-electron chi connectivity index (χ3n) is 4.60. The molecular formula is C19H21ClN6O2. The zero-order chi connectivity index (χ0) is 20.5. The van der Waals surface area contributed by atoms with Crippen molar-refractivity contribution in [3.05, 3.63) is 39.7 Å². The summed E-state index contributed by atoms with van der Waals surface area (Å²) in [6.45, 7) is 4.13. The molecule has 28 heavy (non-hydrogen) atoms. The molecule has 9 heteroatoms. The first-order chi connectivity index (χ1) is 13.3. The quantitative estimate of drug-likeness (QED) is 0.387. The van der Waals surface area contributed by atoms with Gasteiger partial charge in [0.2, 0.25) is 5.95 Å². The molecule has 0 saturated heterocycles. The van der Waals surface area contributed by atoms with E-state index in [-0.39, 0.29) is 16.8 Å². The van der Waals surface area contributed by atoms with Crippen molar-refractivity contribution < 1.29 is 4.74 Å². The highest BCUT2D eigenvalue weighted by Gasteiger charge is 2.32. The molecule has 0 fully saturated rings. The molecule has 146 valence electrons. The van der Waals surface area contributed by atoms with Gasteiger partial charge in [0.15, 0.2) is 10.8 Å². The molecule has 3 aromatic heterocycles. The Morgan fingerprint density at radius 1 is 1.39 bits per heavy atom. The molecule has 0 unspecified atom stereocenters. The molecule has 3 rings (SSSR count). The van der Waals surface area contributed by atoms with Gasteiger partial charge in [-0.3, -0.25) is 14.1 Å². The molecule has 0 spiro atoms. The number of nitrogens with two attached hydrogens (primary N) is 1. The highest BCUT2D eigenvalue weighted by atomic mass is 35.5. The average molecular weight is 401 g/mol. The average Bonchev–Trinajstić information content (AvgIpc) is 2.94. The van der Waals surface area contributed by atoms with Crippen molar-refractivity contribution in [2.45, 2.75) is 38.8 Å². The van der Waals surface area contributed by atoms with Crippen molar-refractivity contribution in [1.29, 1.82) is 0 Å². The number of rotatable bonds is 6. The van der Waals surface area contributed by atoms with Gasteiger partial charge in [-0.05, 0) is 26.3 Å². The Hall–Kier alpha value is -3.05. The Morgan fingerprint density at radius 2 is 2.14 bits per heavy atom. The van der Waals surface area contributed by atoms with Gasteiger partial charge in [0.05, 0.1) is 18.3 Å². The van der Waals surface area contributed by atoms with Crippen LogP contribution in [0.25, 0.3) is 11.2 Å². The zero-order valence-electron chi connectivity index (χ0n) is 15.9. The number of ether oxygens (including phenoxy) is 1. The van der Waals surface area contributed by atoms with Crippen LogP contribution in [0.5, 0.6) is 5.75 Å². The molecule has 3 heterocycles. The summed E-state index contributed by atoms with van der Waals surface area (Å²) in [6.07, 6.45) is 8.12. The number of fused-ring (bicyclic) bond motifs is 1. The van der Waals surface area contributed by atoms with E-state index in [1.165, 1.54) is 9.13 Å². The number of anilines is 1. The lowest BCUT2D eigenvalue weighted by molar-refractivity contribution is 0.393. The fourth-order valence-electron chi connectivity index (χ4n) is 3.16. The molecule has 3 aromatic rings. The highest BCUT2D eigenvalue weighted by molar-refractivity contribution is 6.33. The van der Waals surface area contributed by atoms with Crippen LogP contribution in [0.15, 0.2) is 23.1 Å². The fraction of sp³-hybridized carbons (Fsp3) is 0.368. The summed E-state index contributed by atoms with van der Waals surface area (Å²) in [6, 6.07) is 3.52. The standard InChI is InChI=1S/C19H21ClN6O2/c1-5-6-7-10-25-14-15(20)23-17(21)24-16(14)26(18(25)27)19(2,3)13-11-12(28-4)8-9-22-13/h1,8-9,11H,6-7,10H2,2-4H3,(H2,21,23,24). The van der Waals surface area contributed by atoms with Crippen LogP contribution in [0.4, 0.5) is 5.95 Å². The molecule has 0 radical (unpaired) electrons. The molecule has 0 atom stereocenters. The third kappa shape index (κ3) is 3.29. The van der Waals surface area contributed by atoms with Crippen molar-refractivity contribution in [2.75, 3.05) is 12.8 Å². The lowest BCUT2D eigenvalue weighted by Gasteiger charge is -2.26. The Labute approximate surface area is 167 Å². The minimum Gasteiger partial charge on any atom is -0.497 e. The van der Waals surface area contributed by atoms with Crippen LogP contribution in [0.1, 0.15) is 32.4 Å². The number of hydrogen-bond acceptors (Lipinski definition) is 6. The Morgan fingerprint density at radius 3 is 2.82 bits per heavy atom. The van der Waals surface area contributed by atoms with E-state index in [4.69, 9.17) is 28.5 Å². The number of terminal acetylenes is 1. The number of hydrogen-bond donors (Lipinski definition) is 1. The normalized spacial score (nSPS) is 11.5. The van der Waals surface area contributed by atoms with Gasteiger partial charge in [0.1, 0.15) is 11.3 Å². The van der Waals surface area contributed by atoms with Crippen LogP contribution < -0.4 is 16.2 Å². The zero-order valence-corrected chi connectivity index (χ0v) is 16.7. The van der Waals surface area contributed by atoms with Gasteiger partial charge >= 0.3 is 5.69 Å². The first kappa shape index (κ1) is 19.7. The Balaban J connectivity index is 2.29. The third-order valence-corrected chi connectivity index (χ3v) is 4.86. The van der Waals surface area contributed by atoms with Crippen molar-refractivity contribution >= 4 is 28.7 Å². The maximum absolute atomic E-state index is 13.4. The Kier molecular flexibility index (Phi) is 5.29. The van der Waals surface area contributed by atoms with Crippen LogP contribution >= 0.6 is 11.6 Å². The number of aryl methyl sites for hydroxylation is 1. The van der Waals surface area contributed by atoms with E-state index < -0.39 is 5.54 Å². The van der Waals surface area contributed by atoms with E-state index in [1.807, 2.05) is 13.8 Å². The summed E-state index contributed by atoms with van der Waals surface area (Å²) in [7, 11) is 1.57. The summed E-state index contributed by atoms with van der Waals surface area (Å²) in [5, 5.41) is 0.119. The number of unbranched alkanes of at least 4 members (excludes halogenated alkanes) is 1. The highest BCUT2D eigenvalue weighted by Crippen LogP contribution is 2.30. The van der Waals surface area contributed by atoms with Gasteiger partial charge in [0.25, 0.3) is 0 Å². The Bertz CT molecular complexity index is 1130. The number of imidazole rings is 1. The second-order valence-electron chi connectivity index (χ2n) is 6.76. The van der Waals surface area contributed by atoms with Gasteiger partial charge in [-0.15, -0.1) is 12.3 Å². The number of pyridine rings is 1. The predicted molar refractivity (Wildman–Crippen MR) is 108 cm³/mol. The predicted octanol–water partition coefficient (Wildman–Crippen LogP) is 2.43. The number of aromatic nitrogens is 5. The molecule has 0 aliphatic heterocycles. The molecular weight excluding hydrogens is 380 g/mol. The van der Waals surface area contributed by atoms with E-state index in [1.54, 1.807) is 25.4 Å². The largest absolute Gasteiger partial charge is 0.497 e. The molecule has 0 aromatic carbocycles. The first-order valence-electron chi connectivity index (χ1n) is 8.70. The van der Waals surface area contributed by atoms with Crippen molar-refractivity contribution in [2.24, 2.45) is 0 Å². The van der Waals surface area contributed by atoms with E-state index in [0.29, 0.717) is 42.0 Å². The molecule has 0 bridgehead atoms. The van der Waals surface area contributed by atoms with E-state index in [9.17, 15) is 4.79 Å². The molecule has 0 aliphatic rings. The van der Waals surface area contributed by atoms with E-state index in [0.717, 1.165) is 0 Å². The van der Waals surface area contributed by atoms with Crippen LogP contribution in [-0.4, -0.2) is 31.2 Å². The van der Waals surface area contributed by atoms with E-state index >= 15 is 0 Å². The number of nitrogen functional groups attached to an aromatic ring is 1. The van der Waals surface area contributed by atoms with Gasteiger partial charge < -0.3 is 10.5 Å². The summed E-state index contributed by atoms with van der Waals surface area (Å²) >= 11 is 6.33. The lowest BCUT2D eigenvalue weighted by atomic mass is 9.99. The minimum absolute atomic E-state index is 0.0126. The summed E-state index contributed by atoms with van der Waals surface area (Å²) in [5.74, 6) is 3.20. The second-order valence-corrected chi connectivity index (χ2v) is 7.12. The van der Waals surface area contributed by atoms with Gasteiger partial charge in [-0.2, -0.15) is 9.97 Å². The maximum atomic E-state index is 13.4. The molecule has 2 N–H and O–H groups in total. The molecule has 0 saturated carbocycles. The van der Waals surface area contributed by atoms with Crippen molar-refractivity contribution in [3.8, 4) is 18.1 Å². The van der Waals surface area contributed by atoms with Crippen LogP contribution in [0.2, 0.25) is 5.15 Å². The number of nitrogens with zero attached hydrogens (tertiary/aromatic N) is 5. The van der Waals surface area contributed by atoms with Gasteiger partial charge in [-0.25, -0.2) is 4.79 Å². The van der Waals surface area contributed by atoms with E-state index in [2.05, 4.69) is 20.9 Å². The van der Waals surface area contributed by atoms with Crippen LogP contribution in [-0.2, 0) is 12.1 Å². The maximum Gasteiger partial charge on any atom is 0.331 e. The van der Waals surface area contributed by atoms with Crippen molar-refractivity contribution in [3.63, 3.8) is 0 Å². The number of halogens is 1. The second kappa shape index (κ2) is 7.52. The van der Waals surface area contributed by atoms with Gasteiger partial charge in [-0.1, -0.05) is 11.6 Å². The van der Waals surface area contributed by atoms with Crippen LogP contribution in [0, 0.1) is 12.3 Å². The molecule has 8 nitrogen and oxygen atoms in total. The topological polar surface area (TPSA) is 101 Å². The summed E-state index contributed by atoms with van der Waals surface area (Å²) < 4.78 is 8.36. The molecule has 0 amide bonds. The molecule has 0 aliphatic carbocycles. The first-order valence-corrected chi connectivity index (χ1v) is 9.07. The summed E-state index contributed by atoms with van der Waals surface area (Å²) in [5.41, 5.74) is 6.06. The SMILES string of the molecule is C#CCCCn1c(=O)n(C(C)(C)c2cc(OC)ccn2)c2nc(N)nc(Cl)c21. The number of methoxy groups -OCH3 is 1. The van der Waals surface area contributed by atoms with Crippen molar-refractivity contribution in [1.82, 2.24) is 24.1 Å². The minimum atomic E-state index is -0.856. The fourth-order valence-corrected chi connectivity index (χ4v) is 3.44. The lowest BCUT2D eigenvalue weighted by Crippen LogP contribution is -2.38. The monoisotopic (exact) mass is 400 g/mol. The summed E-state index contributed by atoms with van der Waals surface area (Å²) in [4.78, 5) is 26.1. The smallest absolute Gasteiger partial charge is 0.331 e.